The lowest BCUT2D eigenvalue weighted by atomic mass is 10.1. The standard InChI is InChI=1S/C18H17N3O3S/c1-23-15-9-8-13(10-16(15)24-2)14(22)11-25-18-19-17(20-21-18)12-6-4-3-5-7-12/h3-10H,11H2,1-2H3,(H,19,20,21). The van der Waals surface area contributed by atoms with Crippen LogP contribution in [0, 0.1) is 0 Å². The van der Waals surface area contributed by atoms with Crippen LogP contribution >= 0.6 is 11.8 Å². The van der Waals surface area contributed by atoms with Crippen LogP contribution in [0.1, 0.15) is 10.4 Å². The van der Waals surface area contributed by atoms with Gasteiger partial charge in [0.2, 0.25) is 5.16 Å². The van der Waals surface area contributed by atoms with Crippen molar-refractivity contribution in [1.82, 2.24) is 15.2 Å². The van der Waals surface area contributed by atoms with Crippen molar-refractivity contribution < 1.29 is 14.3 Å². The molecule has 0 bridgehead atoms. The number of carbonyl (C=O) groups is 1. The molecule has 0 unspecified atom stereocenters. The van der Waals surface area contributed by atoms with Crippen molar-refractivity contribution in [3.63, 3.8) is 0 Å². The highest BCUT2D eigenvalue weighted by molar-refractivity contribution is 7.99. The number of rotatable bonds is 7. The van der Waals surface area contributed by atoms with Crippen molar-refractivity contribution in [3.05, 3.63) is 54.1 Å². The molecule has 3 aromatic rings. The van der Waals surface area contributed by atoms with Crippen molar-refractivity contribution in [2.24, 2.45) is 0 Å². The van der Waals surface area contributed by atoms with Gasteiger partial charge in [-0.15, -0.1) is 5.10 Å². The molecular weight excluding hydrogens is 338 g/mol. The third-order valence-electron chi connectivity index (χ3n) is 3.55. The van der Waals surface area contributed by atoms with Crippen LogP contribution in [0.2, 0.25) is 0 Å². The number of hydrogen-bond donors (Lipinski definition) is 1. The Labute approximate surface area is 149 Å². The van der Waals surface area contributed by atoms with E-state index in [0.717, 1.165) is 5.56 Å². The molecule has 7 heteroatoms. The van der Waals surface area contributed by atoms with E-state index in [0.29, 0.717) is 28.0 Å². The van der Waals surface area contributed by atoms with E-state index in [4.69, 9.17) is 9.47 Å². The summed E-state index contributed by atoms with van der Waals surface area (Å²) >= 11 is 1.29. The van der Waals surface area contributed by atoms with E-state index in [1.807, 2.05) is 30.3 Å². The monoisotopic (exact) mass is 355 g/mol. The van der Waals surface area contributed by atoms with Crippen molar-refractivity contribution in [1.29, 1.82) is 0 Å². The fraction of sp³-hybridized carbons (Fsp3) is 0.167. The molecule has 25 heavy (non-hydrogen) atoms. The number of ketones is 1. The second-order valence-corrected chi connectivity index (χ2v) is 6.06. The second-order valence-electron chi connectivity index (χ2n) is 5.11. The van der Waals surface area contributed by atoms with Crippen LogP contribution in [-0.4, -0.2) is 40.9 Å². The molecule has 1 aromatic heterocycles. The van der Waals surface area contributed by atoms with E-state index in [-0.39, 0.29) is 11.5 Å². The van der Waals surface area contributed by atoms with Gasteiger partial charge in [-0.2, -0.15) is 0 Å². The van der Waals surface area contributed by atoms with Crippen LogP contribution in [0.15, 0.2) is 53.7 Å². The lowest BCUT2D eigenvalue weighted by Crippen LogP contribution is -2.03. The molecular formula is C18H17N3O3S. The Balaban J connectivity index is 1.66. The molecule has 1 heterocycles. The number of Topliss-reactive ketones (excluding diaryl/α,β-unsaturated/α-hetero) is 1. The molecule has 0 radical (unpaired) electrons. The summed E-state index contributed by atoms with van der Waals surface area (Å²) in [6, 6.07) is 14.8. The molecule has 2 aromatic carbocycles. The zero-order chi connectivity index (χ0) is 17.6. The number of carbonyl (C=O) groups excluding carboxylic acids is 1. The van der Waals surface area contributed by atoms with Gasteiger partial charge in [0.1, 0.15) is 0 Å². The average molecular weight is 355 g/mol. The highest BCUT2D eigenvalue weighted by Gasteiger charge is 2.13. The number of aromatic amines is 1. The van der Waals surface area contributed by atoms with Crippen molar-refractivity contribution >= 4 is 17.5 Å². The molecule has 0 saturated heterocycles. The predicted molar refractivity (Wildman–Crippen MR) is 96.4 cm³/mol. The highest BCUT2D eigenvalue weighted by atomic mass is 32.2. The Bertz CT molecular complexity index is 865. The number of ether oxygens (including phenoxy) is 2. The van der Waals surface area contributed by atoms with Gasteiger partial charge >= 0.3 is 0 Å². The zero-order valence-electron chi connectivity index (χ0n) is 13.9. The van der Waals surface area contributed by atoms with Gasteiger partial charge in [0, 0.05) is 11.1 Å². The van der Waals surface area contributed by atoms with E-state index < -0.39 is 0 Å². The Morgan fingerprint density at radius 3 is 2.56 bits per heavy atom. The molecule has 0 spiro atoms. The summed E-state index contributed by atoms with van der Waals surface area (Å²) in [5.41, 5.74) is 1.51. The molecule has 0 aliphatic carbocycles. The lowest BCUT2D eigenvalue weighted by Gasteiger charge is -2.08. The lowest BCUT2D eigenvalue weighted by molar-refractivity contribution is 0.102. The van der Waals surface area contributed by atoms with Crippen molar-refractivity contribution in [3.8, 4) is 22.9 Å². The minimum absolute atomic E-state index is 0.0305. The topological polar surface area (TPSA) is 77.1 Å². The van der Waals surface area contributed by atoms with Gasteiger partial charge in [0.15, 0.2) is 23.1 Å². The van der Waals surface area contributed by atoms with E-state index >= 15 is 0 Å². The Morgan fingerprint density at radius 1 is 1.08 bits per heavy atom. The third-order valence-corrected chi connectivity index (χ3v) is 4.40. The maximum atomic E-state index is 12.4. The number of aromatic nitrogens is 3. The molecule has 3 rings (SSSR count). The molecule has 0 aliphatic heterocycles. The largest absolute Gasteiger partial charge is 0.493 e. The number of hydrogen-bond acceptors (Lipinski definition) is 6. The number of nitrogens with zero attached hydrogens (tertiary/aromatic N) is 2. The zero-order valence-corrected chi connectivity index (χ0v) is 14.7. The van der Waals surface area contributed by atoms with Gasteiger partial charge in [-0.3, -0.25) is 9.89 Å². The van der Waals surface area contributed by atoms with Crippen molar-refractivity contribution in [2.75, 3.05) is 20.0 Å². The van der Waals surface area contributed by atoms with Gasteiger partial charge in [-0.25, -0.2) is 4.98 Å². The first kappa shape index (κ1) is 17.0. The van der Waals surface area contributed by atoms with Gasteiger partial charge in [-0.1, -0.05) is 42.1 Å². The molecule has 1 N–H and O–H groups in total. The number of thioether (sulfide) groups is 1. The number of nitrogens with one attached hydrogen (secondary N) is 1. The van der Waals surface area contributed by atoms with Crippen molar-refractivity contribution in [2.45, 2.75) is 5.16 Å². The van der Waals surface area contributed by atoms with Gasteiger partial charge in [0.25, 0.3) is 0 Å². The van der Waals surface area contributed by atoms with Crippen LogP contribution < -0.4 is 9.47 Å². The molecule has 0 fully saturated rings. The first-order chi connectivity index (χ1) is 12.2. The fourth-order valence-corrected chi connectivity index (χ4v) is 2.95. The summed E-state index contributed by atoms with van der Waals surface area (Å²) in [7, 11) is 3.10. The SMILES string of the molecule is COc1ccc(C(=O)CSc2n[nH]c(-c3ccccc3)n2)cc1OC. The van der Waals surface area contributed by atoms with Crippen LogP contribution in [0.4, 0.5) is 0 Å². The summed E-state index contributed by atoms with van der Waals surface area (Å²) in [5.74, 6) is 2.01. The maximum Gasteiger partial charge on any atom is 0.209 e. The fourth-order valence-electron chi connectivity index (χ4n) is 2.26. The molecule has 0 aliphatic rings. The highest BCUT2D eigenvalue weighted by Crippen LogP contribution is 2.28. The van der Waals surface area contributed by atoms with Gasteiger partial charge in [0.05, 0.1) is 20.0 Å². The first-order valence-electron chi connectivity index (χ1n) is 7.57. The van der Waals surface area contributed by atoms with E-state index in [1.165, 1.54) is 11.8 Å². The van der Waals surface area contributed by atoms with E-state index in [2.05, 4.69) is 15.2 Å². The molecule has 128 valence electrons. The average Bonchev–Trinajstić information content (AvgIpc) is 3.15. The molecule has 0 amide bonds. The van der Waals surface area contributed by atoms with E-state index in [1.54, 1.807) is 32.4 Å². The van der Waals surface area contributed by atoms with Crippen LogP contribution in [-0.2, 0) is 0 Å². The van der Waals surface area contributed by atoms with Gasteiger partial charge in [-0.05, 0) is 18.2 Å². The summed E-state index contributed by atoms with van der Waals surface area (Å²) in [5, 5.41) is 7.57. The Morgan fingerprint density at radius 2 is 1.84 bits per heavy atom. The third kappa shape index (κ3) is 4.00. The number of benzene rings is 2. The van der Waals surface area contributed by atoms with Gasteiger partial charge < -0.3 is 9.47 Å². The molecule has 0 atom stereocenters. The molecule has 6 nitrogen and oxygen atoms in total. The minimum atomic E-state index is -0.0305. The number of H-pyrrole nitrogens is 1. The van der Waals surface area contributed by atoms with Crippen LogP contribution in [0.3, 0.4) is 0 Å². The Hall–Kier alpha value is -2.80. The minimum Gasteiger partial charge on any atom is -0.493 e. The maximum absolute atomic E-state index is 12.4. The summed E-state index contributed by atoms with van der Waals surface area (Å²) in [4.78, 5) is 16.8. The quantitative estimate of drug-likeness (QED) is 0.517. The molecule has 0 saturated carbocycles. The Kier molecular flexibility index (Phi) is 5.35. The van der Waals surface area contributed by atoms with E-state index in [9.17, 15) is 4.79 Å². The number of methoxy groups -OCH3 is 2. The second kappa shape index (κ2) is 7.85. The van der Waals surface area contributed by atoms with Crippen LogP contribution in [0.5, 0.6) is 11.5 Å². The smallest absolute Gasteiger partial charge is 0.209 e. The summed E-state index contributed by atoms with van der Waals surface area (Å²) in [6.07, 6.45) is 0. The first-order valence-corrected chi connectivity index (χ1v) is 8.55. The summed E-state index contributed by atoms with van der Waals surface area (Å²) < 4.78 is 10.4. The predicted octanol–water partition coefficient (Wildman–Crippen LogP) is 3.46. The summed E-state index contributed by atoms with van der Waals surface area (Å²) in [6.45, 7) is 0. The normalized spacial score (nSPS) is 10.5. The van der Waals surface area contributed by atoms with Crippen LogP contribution in [0.25, 0.3) is 11.4 Å².